The molecular weight excluding hydrogens is 497 g/mol. The molecule has 3 aromatic rings. The smallest absolute Gasteiger partial charge is 0.367 e. The van der Waals surface area contributed by atoms with Crippen molar-refractivity contribution in [3.8, 4) is 11.1 Å². The maximum absolute atomic E-state index is 12.7. The van der Waals surface area contributed by atoms with Crippen molar-refractivity contribution >= 4 is 24.2 Å². The number of pyridine rings is 1. The Balaban J connectivity index is 1.32. The van der Waals surface area contributed by atoms with Crippen LogP contribution in [0, 0.1) is 6.92 Å². The number of anilines is 1. The Morgan fingerprint density at radius 2 is 1.68 bits per heavy atom. The summed E-state index contributed by atoms with van der Waals surface area (Å²) in [5, 5.41) is 6.16. The van der Waals surface area contributed by atoms with E-state index in [4.69, 9.17) is 0 Å². The zero-order valence-electron chi connectivity index (χ0n) is 21.1. The number of alkyl halides is 3. The van der Waals surface area contributed by atoms with Crippen molar-refractivity contribution in [1.82, 2.24) is 14.6 Å². The molecule has 0 atom stereocenters. The summed E-state index contributed by atoms with van der Waals surface area (Å²) >= 11 is 1.71. The standard InChI is InChI=1S/C28H31F3N4OS/c1-19-4-5-21(16-25(19)27(2,3)33-18-36)20-6-9-24(10-7-20)37-35-14-12-23(13-15-35)34-26-11-8-22(17-32-26)28(29,30)31/h4-11,16-18,23H,12-15H2,1-3H3,(H,32,34)(H,33,36). The van der Waals surface area contributed by atoms with Crippen LogP contribution >= 0.6 is 11.9 Å². The average molecular weight is 529 g/mol. The second-order valence-electron chi connectivity index (χ2n) is 9.81. The van der Waals surface area contributed by atoms with Gasteiger partial charge in [-0.2, -0.15) is 13.2 Å². The highest BCUT2D eigenvalue weighted by Gasteiger charge is 2.31. The molecule has 0 unspecified atom stereocenters. The predicted octanol–water partition coefficient (Wildman–Crippen LogP) is 6.64. The Kier molecular flexibility index (Phi) is 8.14. The Labute approximate surface area is 220 Å². The van der Waals surface area contributed by atoms with Gasteiger partial charge in [-0.15, -0.1) is 0 Å². The van der Waals surface area contributed by atoms with Gasteiger partial charge in [0.2, 0.25) is 6.41 Å². The molecule has 1 aliphatic rings. The minimum atomic E-state index is -4.37. The molecule has 2 heterocycles. The molecule has 5 nitrogen and oxygen atoms in total. The van der Waals surface area contributed by atoms with E-state index in [-0.39, 0.29) is 6.04 Å². The average Bonchev–Trinajstić information content (AvgIpc) is 2.86. The summed E-state index contributed by atoms with van der Waals surface area (Å²) in [4.78, 5) is 16.1. The molecule has 1 fully saturated rings. The van der Waals surface area contributed by atoms with E-state index in [2.05, 4.69) is 62.4 Å². The van der Waals surface area contributed by atoms with Gasteiger partial charge in [0.15, 0.2) is 0 Å². The van der Waals surface area contributed by atoms with Crippen LogP contribution in [0.5, 0.6) is 0 Å². The molecule has 2 N–H and O–H groups in total. The lowest BCUT2D eigenvalue weighted by Gasteiger charge is -2.31. The molecule has 9 heteroatoms. The van der Waals surface area contributed by atoms with Crippen molar-refractivity contribution in [1.29, 1.82) is 0 Å². The Bertz CT molecular complexity index is 1210. The van der Waals surface area contributed by atoms with E-state index in [1.165, 1.54) is 6.07 Å². The van der Waals surface area contributed by atoms with Gasteiger partial charge in [-0.3, -0.25) is 4.79 Å². The Hall–Kier alpha value is -3.04. The summed E-state index contributed by atoms with van der Waals surface area (Å²) in [6.07, 6.45) is -1.00. The SMILES string of the molecule is Cc1ccc(-c2ccc(SN3CCC(Nc4ccc(C(F)(F)F)cn4)CC3)cc2)cc1C(C)(C)NC=O. The lowest BCUT2D eigenvalue weighted by atomic mass is 9.88. The molecular formula is C28H31F3N4OS. The first-order valence-corrected chi connectivity index (χ1v) is 13.0. The molecule has 0 saturated carbocycles. The number of hydrogen-bond donors (Lipinski definition) is 2. The molecule has 0 bridgehead atoms. The molecule has 196 valence electrons. The number of carbonyl (C=O) groups is 1. The molecule has 0 spiro atoms. The van der Waals surface area contributed by atoms with Gasteiger partial charge in [-0.1, -0.05) is 24.3 Å². The van der Waals surface area contributed by atoms with Gasteiger partial charge in [0, 0.05) is 30.2 Å². The fraction of sp³-hybridized carbons (Fsp3) is 0.357. The minimum Gasteiger partial charge on any atom is -0.367 e. The number of benzene rings is 2. The number of halogens is 3. The van der Waals surface area contributed by atoms with Crippen molar-refractivity contribution in [3.05, 3.63) is 77.5 Å². The largest absolute Gasteiger partial charge is 0.417 e. The molecule has 4 rings (SSSR count). The molecule has 2 aromatic carbocycles. The van der Waals surface area contributed by atoms with Crippen molar-refractivity contribution in [2.24, 2.45) is 0 Å². The molecule has 37 heavy (non-hydrogen) atoms. The Morgan fingerprint density at radius 3 is 2.27 bits per heavy atom. The van der Waals surface area contributed by atoms with Crippen LogP contribution in [0.2, 0.25) is 0 Å². The third-order valence-electron chi connectivity index (χ3n) is 6.65. The first-order chi connectivity index (χ1) is 17.5. The summed E-state index contributed by atoms with van der Waals surface area (Å²) in [5.74, 6) is 0.472. The molecule has 1 saturated heterocycles. The normalized spacial score (nSPS) is 15.4. The zero-order chi connectivity index (χ0) is 26.6. The lowest BCUT2D eigenvalue weighted by Crippen LogP contribution is -2.36. The third kappa shape index (κ3) is 6.84. The summed E-state index contributed by atoms with van der Waals surface area (Å²) in [5.41, 5.74) is 3.22. The molecule has 0 radical (unpaired) electrons. The maximum atomic E-state index is 12.7. The van der Waals surface area contributed by atoms with Gasteiger partial charge < -0.3 is 10.6 Å². The maximum Gasteiger partial charge on any atom is 0.417 e. The van der Waals surface area contributed by atoms with Crippen LogP contribution in [-0.4, -0.2) is 34.8 Å². The van der Waals surface area contributed by atoms with Crippen LogP contribution < -0.4 is 10.6 Å². The summed E-state index contributed by atoms with van der Waals surface area (Å²) < 4.78 is 40.5. The monoisotopic (exact) mass is 528 g/mol. The van der Waals surface area contributed by atoms with Gasteiger partial charge in [-0.05, 0) is 98.1 Å². The quantitative estimate of drug-likeness (QED) is 0.254. The van der Waals surface area contributed by atoms with Gasteiger partial charge in [0.25, 0.3) is 0 Å². The van der Waals surface area contributed by atoms with E-state index >= 15 is 0 Å². The van der Waals surface area contributed by atoms with Crippen molar-refractivity contribution in [2.75, 3.05) is 18.4 Å². The van der Waals surface area contributed by atoms with Crippen molar-refractivity contribution in [3.63, 3.8) is 0 Å². The van der Waals surface area contributed by atoms with Gasteiger partial charge in [-0.25, -0.2) is 9.29 Å². The summed E-state index contributed by atoms with van der Waals surface area (Å²) in [6.45, 7) is 7.76. The number of carbonyl (C=O) groups excluding carboxylic acids is 1. The lowest BCUT2D eigenvalue weighted by molar-refractivity contribution is -0.137. The van der Waals surface area contributed by atoms with Crippen LogP contribution in [0.15, 0.2) is 65.7 Å². The van der Waals surface area contributed by atoms with E-state index in [0.29, 0.717) is 5.82 Å². The van der Waals surface area contributed by atoms with Crippen LogP contribution in [0.1, 0.15) is 43.4 Å². The van der Waals surface area contributed by atoms with Gasteiger partial charge in [0.05, 0.1) is 11.1 Å². The highest BCUT2D eigenvalue weighted by Crippen LogP contribution is 2.33. The second-order valence-corrected chi connectivity index (χ2v) is 11.0. The number of rotatable bonds is 8. The number of nitrogens with zero attached hydrogens (tertiary/aromatic N) is 2. The predicted molar refractivity (Wildman–Crippen MR) is 142 cm³/mol. The van der Waals surface area contributed by atoms with Crippen LogP contribution in [-0.2, 0) is 16.5 Å². The number of aryl methyl sites for hydroxylation is 1. The topological polar surface area (TPSA) is 57.3 Å². The second kappa shape index (κ2) is 11.1. The van der Waals surface area contributed by atoms with Crippen LogP contribution in [0.4, 0.5) is 19.0 Å². The fourth-order valence-corrected chi connectivity index (χ4v) is 5.45. The highest BCUT2D eigenvalue weighted by molar-refractivity contribution is 7.97. The minimum absolute atomic E-state index is 0.178. The fourth-order valence-electron chi connectivity index (χ4n) is 4.50. The number of nitrogens with one attached hydrogen (secondary N) is 2. The molecule has 1 amide bonds. The van der Waals surface area contributed by atoms with Crippen molar-refractivity contribution in [2.45, 2.75) is 56.3 Å². The zero-order valence-corrected chi connectivity index (χ0v) is 21.9. The molecule has 1 aromatic heterocycles. The van der Waals surface area contributed by atoms with Crippen molar-refractivity contribution < 1.29 is 18.0 Å². The van der Waals surface area contributed by atoms with E-state index in [1.54, 1.807) is 11.9 Å². The molecule has 0 aliphatic carbocycles. The highest BCUT2D eigenvalue weighted by atomic mass is 32.2. The third-order valence-corrected chi connectivity index (χ3v) is 7.76. The number of hydrogen-bond acceptors (Lipinski definition) is 5. The van der Waals surface area contributed by atoms with E-state index < -0.39 is 17.3 Å². The van der Waals surface area contributed by atoms with Crippen LogP contribution in [0.3, 0.4) is 0 Å². The number of amides is 1. The van der Waals surface area contributed by atoms with E-state index in [1.807, 2.05) is 20.8 Å². The van der Waals surface area contributed by atoms with Gasteiger partial charge >= 0.3 is 6.18 Å². The first-order valence-electron chi connectivity index (χ1n) is 12.2. The first kappa shape index (κ1) is 27.0. The summed E-state index contributed by atoms with van der Waals surface area (Å²) in [7, 11) is 0. The number of aromatic nitrogens is 1. The Morgan fingerprint density at radius 1 is 1.00 bits per heavy atom. The number of piperidine rings is 1. The molecule has 1 aliphatic heterocycles. The van der Waals surface area contributed by atoms with Gasteiger partial charge in [0.1, 0.15) is 5.82 Å². The van der Waals surface area contributed by atoms with E-state index in [0.717, 1.165) is 71.8 Å². The summed E-state index contributed by atoms with van der Waals surface area (Å²) in [6, 6.07) is 17.4. The van der Waals surface area contributed by atoms with Crippen LogP contribution in [0.25, 0.3) is 11.1 Å². The van der Waals surface area contributed by atoms with E-state index in [9.17, 15) is 18.0 Å².